The van der Waals surface area contributed by atoms with E-state index < -0.39 is 12.1 Å². The number of ether oxygens (including phenoxy) is 1. The maximum atomic E-state index is 12.3. The van der Waals surface area contributed by atoms with E-state index in [1.54, 1.807) is 30.3 Å². The van der Waals surface area contributed by atoms with E-state index in [1.165, 1.54) is 12.1 Å². The van der Waals surface area contributed by atoms with Crippen LogP contribution in [0.5, 0.6) is 5.75 Å². The van der Waals surface area contributed by atoms with Crippen LogP contribution >= 0.6 is 0 Å². The highest BCUT2D eigenvalue weighted by Crippen LogP contribution is 2.31. The van der Waals surface area contributed by atoms with Gasteiger partial charge in [-0.1, -0.05) is 24.3 Å². The molecule has 21 heavy (non-hydrogen) atoms. The number of benzene rings is 2. The molecular weight excluding hydrogens is 283 g/mol. The summed E-state index contributed by atoms with van der Waals surface area (Å²) in [4.78, 5) is 0. The molecule has 0 saturated heterocycles. The fourth-order valence-corrected chi connectivity index (χ4v) is 1.95. The van der Waals surface area contributed by atoms with Gasteiger partial charge in [0.2, 0.25) is 0 Å². The highest BCUT2D eigenvalue weighted by molar-refractivity contribution is 5.70. The lowest BCUT2D eigenvalue weighted by molar-refractivity contribution is -0.274. The number of alkyl halides is 3. The molecule has 0 bridgehead atoms. The molecule has 0 saturated carbocycles. The smallest absolute Gasteiger partial charge is 0.406 e. The van der Waals surface area contributed by atoms with Crippen LogP contribution in [0.3, 0.4) is 0 Å². The van der Waals surface area contributed by atoms with E-state index in [9.17, 15) is 18.3 Å². The standard InChI is InChI=1S/C15H10F3NO2/c16-15(17,18)21-13-6-10(8-19)5-12(7-13)14-4-2-1-3-11(14)9-20/h1-7,20H,9H2. The van der Waals surface area contributed by atoms with E-state index in [0.29, 0.717) is 16.7 Å². The SMILES string of the molecule is N#Cc1cc(OC(F)(F)F)cc(-c2ccccc2CO)c1. The van der Waals surface area contributed by atoms with Crippen molar-refractivity contribution < 1.29 is 23.0 Å². The van der Waals surface area contributed by atoms with Gasteiger partial charge in [-0.15, -0.1) is 13.2 Å². The van der Waals surface area contributed by atoms with Crippen LogP contribution in [0.1, 0.15) is 11.1 Å². The second-order valence-corrected chi connectivity index (χ2v) is 4.22. The van der Waals surface area contributed by atoms with Crippen molar-refractivity contribution in [3.63, 3.8) is 0 Å². The van der Waals surface area contributed by atoms with Gasteiger partial charge in [-0.3, -0.25) is 0 Å². The number of rotatable bonds is 3. The molecule has 2 aromatic carbocycles. The highest BCUT2D eigenvalue weighted by atomic mass is 19.4. The van der Waals surface area contributed by atoms with Gasteiger partial charge >= 0.3 is 6.36 Å². The van der Waals surface area contributed by atoms with Crippen LogP contribution < -0.4 is 4.74 Å². The number of nitrogens with zero attached hydrogens (tertiary/aromatic N) is 1. The van der Waals surface area contributed by atoms with Crippen molar-refractivity contribution in [1.82, 2.24) is 0 Å². The largest absolute Gasteiger partial charge is 0.573 e. The summed E-state index contributed by atoms with van der Waals surface area (Å²) in [5.74, 6) is -0.468. The number of hydrogen-bond donors (Lipinski definition) is 1. The fourth-order valence-electron chi connectivity index (χ4n) is 1.95. The molecule has 0 aliphatic carbocycles. The molecule has 0 fully saturated rings. The van der Waals surface area contributed by atoms with Crippen molar-refractivity contribution >= 4 is 0 Å². The van der Waals surface area contributed by atoms with Crippen molar-refractivity contribution in [2.45, 2.75) is 13.0 Å². The number of aliphatic hydroxyl groups excluding tert-OH is 1. The molecule has 2 rings (SSSR count). The van der Waals surface area contributed by atoms with Crippen LogP contribution in [0.4, 0.5) is 13.2 Å². The van der Waals surface area contributed by atoms with Gasteiger partial charge in [0, 0.05) is 0 Å². The van der Waals surface area contributed by atoms with E-state index in [-0.39, 0.29) is 12.2 Å². The first-order valence-electron chi connectivity index (χ1n) is 5.93. The Morgan fingerprint density at radius 3 is 2.48 bits per heavy atom. The molecule has 0 spiro atoms. The predicted molar refractivity (Wildman–Crippen MR) is 69.2 cm³/mol. The van der Waals surface area contributed by atoms with Gasteiger partial charge in [0.1, 0.15) is 5.75 Å². The molecule has 6 heteroatoms. The Labute approximate surface area is 118 Å². The van der Waals surface area contributed by atoms with Crippen molar-refractivity contribution in [2.24, 2.45) is 0 Å². The summed E-state index contributed by atoms with van der Waals surface area (Å²) in [7, 11) is 0. The van der Waals surface area contributed by atoms with E-state index in [4.69, 9.17) is 5.26 Å². The monoisotopic (exact) mass is 293 g/mol. The Balaban J connectivity index is 2.54. The lowest BCUT2D eigenvalue weighted by atomic mass is 9.98. The molecule has 0 radical (unpaired) electrons. The van der Waals surface area contributed by atoms with Gasteiger partial charge in [0.25, 0.3) is 0 Å². The molecule has 0 aliphatic heterocycles. The first kappa shape index (κ1) is 14.9. The highest BCUT2D eigenvalue weighted by Gasteiger charge is 2.31. The summed E-state index contributed by atoms with van der Waals surface area (Å²) < 4.78 is 40.8. The minimum Gasteiger partial charge on any atom is -0.406 e. The average Bonchev–Trinajstić information content (AvgIpc) is 2.45. The zero-order valence-electron chi connectivity index (χ0n) is 10.7. The molecule has 0 amide bonds. The van der Waals surface area contributed by atoms with Crippen molar-refractivity contribution in [2.75, 3.05) is 0 Å². The Hall–Kier alpha value is -2.52. The quantitative estimate of drug-likeness (QED) is 0.940. The minimum absolute atomic E-state index is 0.0412. The molecule has 0 atom stereocenters. The lowest BCUT2D eigenvalue weighted by Gasteiger charge is -2.12. The summed E-state index contributed by atoms with van der Waals surface area (Å²) in [5.41, 5.74) is 1.51. The van der Waals surface area contributed by atoms with Crippen LogP contribution in [0.2, 0.25) is 0 Å². The minimum atomic E-state index is -4.83. The maximum Gasteiger partial charge on any atom is 0.573 e. The topological polar surface area (TPSA) is 53.2 Å². The summed E-state index contributed by atoms with van der Waals surface area (Å²) >= 11 is 0. The van der Waals surface area contributed by atoms with Crippen molar-refractivity contribution in [3.8, 4) is 22.9 Å². The summed E-state index contributed by atoms with van der Waals surface area (Å²) in [5, 5.41) is 18.2. The summed E-state index contributed by atoms with van der Waals surface area (Å²) in [6.45, 7) is -0.261. The lowest BCUT2D eigenvalue weighted by Crippen LogP contribution is -2.17. The van der Waals surface area contributed by atoms with Gasteiger partial charge in [0.05, 0.1) is 18.2 Å². The third-order valence-corrected chi connectivity index (χ3v) is 2.77. The van der Waals surface area contributed by atoms with E-state index in [0.717, 1.165) is 6.07 Å². The first-order chi connectivity index (χ1) is 9.93. The summed E-state index contributed by atoms with van der Waals surface area (Å²) in [6.07, 6.45) is -4.83. The number of aliphatic hydroxyl groups is 1. The van der Waals surface area contributed by atoms with Gasteiger partial charge in [-0.05, 0) is 34.9 Å². The van der Waals surface area contributed by atoms with Gasteiger partial charge in [-0.2, -0.15) is 5.26 Å². The second-order valence-electron chi connectivity index (χ2n) is 4.22. The number of nitriles is 1. The molecule has 3 nitrogen and oxygen atoms in total. The number of halogens is 3. The zero-order chi connectivity index (χ0) is 15.5. The normalized spacial score (nSPS) is 11.0. The average molecular weight is 293 g/mol. The second kappa shape index (κ2) is 5.85. The third-order valence-electron chi connectivity index (χ3n) is 2.77. The van der Waals surface area contributed by atoms with Gasteiger partial charge < -0.3 is 9.84 Å². The molecular formula is C15H10F3NO2. The Kier molecular flexibility index (Phi) is 4.15. The van der Waals surface area contributed by atoms with Crippen LogP contribution in [0.15, 0.2) is 42.5 Å². The van der Waals surface area contributed by atoms with E-state index >= 15 is 0 Å². The van der Waals surface area contributed by atoms with E-state index in [2.05, 4.69) is 4.74 Å². The molecule has 0 aromatic heterocycles. The molecule has 0 heterocycles. The zero-order valence-corrected chi connectivity index (χ0v) is 10.7. The predicted octanol–water partition coefficient (Wildman–Crippen LogP) is 3.62. The third kappa shape index (κ3) is 3.74. The maximum absolute atomic E-state index is 12.3. The Bertz CT molecular complexity index is 690. The Morgan fingerprint density at radius 2 is 1.86 bits per heavy atom. The van der Waals surface area contributed by atoms with Crippen molar-refractivity contribution in [1.29, 1.82) is 5.26 Å². The van der Waals surface area contributed by atoms with Gasteiger partial charge in [0.15, 0.2) is 0 Å². The molecule has 0 unspecified atom stereocenters. The molecule has 2 aromatic rings. The van der Waals surface area contributed by atoms with E-state index in [1.807, 2.05) is 0 Å². The molecule has 0 aliphatic rings. The first-order valence-corrected chi connectivity index (χ1v) is 5.93. The van der Waals surface area contributed by atoms with Crippen molar-refractivity contribution in [3.05, 3.63) is 53.6 Å². The van der Waals surface area contributed by atoms with Crippen LogP contribution in [0.25, 0.3) is 11.1 Å². The van der Waals surface area contributed by atoms with Crippen LogP contribution in [-0.2, 0) is 6.61 Å². The number of hydrogen-bond acceptors (Lipinski definition) is 3. The molecule has 108 valence electrons. The fraction of sp³-hybridized carbons (Fsp3) is 0.133. The molecule has 1 N–H and O–H groups in total. The van der Waals surface area contributed by atoms with Crippen LogP contribution in [-0.4, -0.2) is 11.5 Å². The van der Waals surface area contributed by atoms with Gasteiger partial charge in [-0.25, -0.2) is 0 Å². The Morgan fingerprint density at radius 1 is 1.14 bits per heavy atom. The van der Waals surface area contributed by atoms with Crippen LogP contribution in [0, 0.1) is 11.3 Å². The summed E-state index contributed by atoms with van der Waals surface area (Å²) in [6, 6.07) is 12.1.